The maximum absolute atomic E-state index is 12.2. The van der Waals surface area contributed by atoms with Gasteiger partial charge in [0.15, 0.2) is 16.9 Å². The van der Waals surface area contributed by atoms with Gasteiger partial charge in [-0.3, -0.25) is 4.79 Å². The predicted molar refractivity (Wildman–Crippen MR) is 77.8 cm³/mol. The van der Waals surface area contributed by atoms with Crippen molar-refractivity contribution in [3.63, 3.8) is 0 Å². The van der Waals surface area contributed by atoms with Gasteiger partial charge in [-0.1, -0.05) is 12.1 Å². The summed E-state index contributed by atoms with van der Waals surface area (Å²) in [5.41, 5.74) is 0.346. The van der Waals surface area contributed by atoms with Crippen LogP contribution >= 0.6 is 0 Å². The fourth-order valence-corrected chi connectivity index (χ4v) is 2.15. The van der Waals surface area contributed by atoms with Crippen molar-refractivity contribution in [1.29, 1.82) is 0 Å². The largest absolute Gasteiger partial charge is 0.507 e. The lowest BCUT2D eigenvalue weighted by Crippen LogP contribution is -2.01. The van der Waals surface area contributed by atoms with Crippen LogP contribution in [0.5, 0.6) is 17.2 Å². The van der Waals surface area contributed by atoms with E-state index in [4.69, 9.17) is 9.15 Å². The Morgan fingerprint density at radius 3 is 2.52 bits per heavy atom. The summed E-state index contributed by atoms with van der Waals surface area (Å²) in [4.78, 5) is 12.2. The number of fused-ring (bicyclic) bond motifs is 1. The van der Waals surface area contributed by atoms with Crippen LogP contribution in [-0.2, 0) is 0 Å². The number of ether oxygens (including phenoxy) is 1. The first-order valence-electron chi connectivity index (χ1n) is 6.23. The molecule has 0 aliphatic rings. The van der Waals surface area contributed by atoms with Crippen LogP contribution in [0.25, 0.3) is 22.3 Å². The second-order valence-corrected chi connectivity index (χ2v) is 4.51. The Kier molecular flexibility index (Phi) is 3.02. The fourth-order valence-electron chi connectivity index (χ4n) is 2.15. The Morgan fingerprint density at radius 1 is 1.05 bits per heavy atom. The normalized spacial score (nSPS) is 10.7. The molecule has 0 saturated heterocycles. The molecule has 0 aliphatic carbocycles. The van der Waals surface area contributed by atoms with Gasteiger partial charge in [0.05, 0.1) is 18.1 Å². The van der Waals surface area contributed by atoms with E-state index >= 15 is 0 Å². The van der Waals surface area contributed by atoms with Gasteiger partial charge in [0.25, 0.3) is 0 Å². The first-order chi connectivity index (χ1) is 10.1. The number of phenols is 2. The molecule has 106 valence electrons. The zero-order chi connectivity index (χ0) is 15.0. The van der Waals surface area contributed by atoms with E-state index in [2.05, 4.69) is 0 Å². The van der Waals surface area contributed by atoms with Crippen LogP contribution in [0.3, 0.4) is 0 Å². The maximum Gasteiger partial charge on any atom is 0.193 e. The quantitative estimate of drug-likeness (QED) is 0.756. The van der Waals surface area contributed by atoms with Crippen molar-refractivity contribution < 1.29 is 19.4 Å². The van der Waals surface area contributed by atoms with Crippen LogP contribution in [0, 0.1) is 0 Å². The minimum Gasteiger partial charge on any atom is -0.507 e. The number of hydrogen-bond acceptors (Lipinski definition) is 5. The molecule has 0 saturated carbocycles. The Bertz CT molecular complexity index is 879. The minimum absolute atomic E-state index is 0.0118. The first kappa shape index (κ1) is 13.1. The molecule has 5 nitrogen and oxygen atoms in total. The van der Waals surface area contributed by atoms with Crippen LogP contribution in [0.4, 0.5) is 0 Å². The van der Waals surface area contributed by atoms with Gasteiger partial charge in [-0.25, -0.2) is 0 Å². The molecule has 5 heteroatoms. The topological polar surface area (TPSA) is 79.9 Å². The highest BCUT2D eigenvalue weighted by molar-refractivity contribution is 5.82. The standard InChI is InChI=1S/C16H12O5/c1-20-16-6-10-12(18)7-14(21-15(10)8-13(16)19)9-4-2-3-5-11(9)17/h2-8,17,19H,1H3. The summed E-state index contributed by atoms with van der Waals surface area (Å²) < 4.78 is 10.6. The SMILES string of the molecule is COc1cc2c(=O)cc(-c3ccccc3O)oc2cc1O. The third kappa shape index (κ3) is 2.18. The molecule has 0 spiro atoms. The molecule has 1 heterocycles. The zero-order valence-electron chi connectivity index (χ0n) is 11.2. The van der Waals surface area contributed by atoms with Crippen LogP contribution in [0.2, 0.25) is 0 Å². The van der Waals surface area contributed by atoms with Gasteiger partial charge >= 0.3 is 0 Å². The highest BCUT2D eigenvalue weighted by Gasteiger charge is 2.13. The molecule has 2 aromatic carbocycles. The highest BCUT2D eigenvalue weighted by atomic mass is 16.5. The van der Waals surface area contributed by atoms with Gasteiger partial charge < -0.3 is 19.4 Å². The molecular weight excluding hydrogens is 272 g/mol. The molecule has 2 N–H and O–H groups in total. The lowest BCUT2D eigenvalue weighted by Gasteiger charge is -2.07. The molecule has 0 fully saturated rings. The second-order valence-electron chi connectivity index (χ2n) is 4.51. The van der Waals surface area contributed by atoms with E-state index in [9.17, 15) is 15.0 Å². The van der Waals surface area contributed by atoms with Gasteiger partial charge in [0, 0.05) is 12.1 Å². The van der Waals surface area contributed by atoms with E-state index in [0.29, 0.717) is 10.9 Å². The molecule has 0 amide bonds. The number of para-hydroxylation sites is 1. The molecule has 3 rings (SSSR count). The highest BCUT2D eigenvalue weighted by Crippen LogP contribution is 2.33. The van der Waals surface area contributed by atoms with Crippen molar-refractivity contribution in [3.05, 3.63) is 52.7 Å². The Morgan fingerprint density at radius 2 is 1.81 bits per heavy atom. The van der Waals surface area contributed by atoms with E-state index in [1.165, 1.54) is 31.4 Å². The molecule has 21 heavy (non-hydrogen) atoms. The van der Waals surface area contributed by atoms with Crippen LogP contribution < -0.4 is 10.2 Å². The van der Waals surface area contributed by atoms with Crippen molar-refractivity contribution >= 4 is 11.0 Å². The number of rotatable bonds is 2. The molecule has 1 aromatic heterocycles. The van der Waals surface area contributed by atoms with Crippen LogP contribution in [0.15, 0.2) is 51.7 Å². The Hall–Kier alpha value is -2.95. The van der Waals surface area contributed by atoms with Gasteiger partial charge in [-0.05, 0) is 18.2 Å². The molecule has 0 bridgehead atoms. The summed E-state index contributed by atoms with van der Waals surface area (Å²) in [5.74, 6) is 0.320. The predicted octanol–water partition coefficient (Wildman–Crippen LogP) is 2.88. The van der Waals surface area contributed by atoms with E-state index in [1.807, 2.05) is 0 Å². The molecular formula is C16H12O5. The summed E-state index contributed by atoms with van der Waals surface area (Å²) in [6, 6.07) is 10.6. The van der Waals surface area contributed by atoms with Crippen molar-refractivity contribution in [2.45, 2.75) is 0 Å². The number of methoxy groups -OCH3 is 1. The van der Waals surface area contributed by atoms with E-state index in [1.54, 1.807) is 18.2 Å². The molecule has 0 unspecified atom stereocenters. The Labute approximate surface area is 119 Å². The number of phenolic OH excluding ortho intramolecular Hbond substituents is 2. The lowest BCUT2D eigenvalue weighted by atomic mass is 10.1. The Balaban J connectivity index is 2.29. The third-order valence-corrected chi connectivity index (χ3v) is 3.20. The van der Waals surface area contributed by atoms with E-state index < -0.39 is 0 Å². The zero-order valence-corrected chi connectivity index (χ0v) is 11.2. The number of aromatic hydroxyl groups is 2. The van der Waals surface area contributed by atoms with Gasteiger partial charge in [-0.2, -0.15) is 0 Å². The average molecular weight is 284 g/mol. The molecule has 0 aliphatic heterocycles. The monoisotopic (exact) mass is 284 g/mol. The molecule has 0 radical (unpaired) electrons. The third-order valence-electron chi connectivity index (χ3n) is 3.20. The van der Waals surface area contributed by atoms with Crippen LogP contribution in [-0.4, -0.2) is 17.3 Å². The summed E-state index contributed by atoms with van der Waals surface area (Å²) in [5, 5.41) is 19.9. The lowest BCUT2D eigenvalue weighted by molar-refractivity contribution is 0.373. The summed E-state index contributed by atoms with van der Waals surface area (Å²) in [6.45, 7) is 0. The fraction of sp³-hybridized carbons (Fsp3) is 0.0625. The number of hydrogen-bond donors (Lipinski definition) is 2. The maximum atomic E-state index is 12.2. The van der Waals surface area contributed by atoms with Gasteiger partial charge in [0.1, 0.15) is 17.1 Å². The van der Waals surface area contributed by atoms with Crippen LogP contribution in [0.1, 0.15) is 0 Å². The van der Waals surface area contributed by atoms with Crippen molar-refractivity contribution in [2.24, 2.45) is 0 Å². The van der Waals surface area contributed by atoms with Gasteiger partial charge in [-0.15, -0.1) is 0 Å². The van der Waals surface area contributed by atoms with Crippen molar-refractivity contribution in [2.75, 3.05) is 7.11 Å². The van der Waals surface area contributed by atoms with Gasteiger partial charge in [0.2, 0.25) is 0 Å². The summed E-state index contributed by atoms with van der Waals surface area (Å²) in [6.07, 6.45) is 0. The molecule has 0 atom stereocenters. The van der Waals surface area contributed by atoms with E-state index in [0.717, 1.165) is 0 Å². The summed E-state index contributed by atoms with van der Waals surface area (Å²) >= 11 is 0. The first-order valence-corrected chi connectivity index (χ1v) is 6.23. The average Bonchev–Trinajstić information content (AvgIpc) is 2.47. The minimum atomic E-state index is -0.284. The molecule has 3 aromatic rings. The number of benzene rings is 2. The van der Waals surface area contributed by atoms with Crippen molar-refractivity contribution in [1.82, 2.24) is 0 Å². The second kappa shape index (κ2) is 4.86. The van der Waals surface area contributed by atoms with Crippen molar-refractivity contribution in [3.8, 4) is 28.6 Å². The van der Waals surface area contributed by atoms with E-state index in [-0.39, 0.29) is 34.0 Å². The summed E-state index contributed by atoms with van der Waals surface area (Å²) in [7, 11) is 1.40. The smallest absolute Gasteiger partial charge is 0.193 e.